The third kappa shape index (κ3) is 2.83. The van der Waals surface area contributed by atoms with Crippen molar-refractivity contribution in [3.63, 3.8) is 0 Å². The summed E-state index contributed by atoms with van der Waals surface area (Å²) in [4.78, 5) is 0. The topological polar surface area (TPSA) is 55.6 Å². The zero-order valence-electron chi connectivity index (χ0n) is 11.2. The first-order valence-corrected chi connectivity index (χ1v) is 6.44. The van der Waals surface area contributed by atoms with Gasteiger partial charge < -0.3 is 5.32 Å². The van der Waals surface area contributed by atoms with E-state index in [1.165, 1.54) is 11.1 Å². The SMILES string of the molecule is Cc1ccc(CNc2cccc(-n3cnnn3)c2)cc1. The maximum Gasteiger partial charge on any atom is 0.143 e. The Morgan fingerprint density at radius 2 is 1.95 bits per heavy atom. The highest BCUT2D eigenvalue weighted by Crippen LogP contribution is 2.14. The van der Waals surface area contributed by atoms with Gasteiger partial charge in [-0.3, -0.25) is 0 Å². The van der Waals surface area contributed by atoms with Crippen molar-refractivity contribution in [1.29, 1.82) is 0 Å². The highest BCUT2D eigenvalue weighted by molar-refractivity contribution is 5.51. The van der Waals surface area contributed by atoms with E-state index in [1.54, 1.807) is 11.0 Å². The number of aromatic nitrogens is 4. The molecule has 0 aliphatic heterocycles. The molecule has 2 aromatic carbocycles. The fourth-order valence-corrected chi connectivity index (χ4v) is 1.95. The van der Waals surface area contributed by atoms with Gasteiger partial charge in [-0.15, -0.1) is 5.10 Å². The monoisotopic (exact) mass is 265 g/mol. The van der Waals surface area contributed by atoms with E-state index in [1.807, 2.05) is 24.3 Å². The Morgan fingerprint density at radius 3 is 2.70 bits per heavy atom. The lowest BCUT2D eigenvalue weighted by Gasteiger charge is -2.08. The van der Waals surface area contributed by atoms with Crippen molar-refractivity contribution < 1.29 is 0 Å². The highest BCUT2D eigenvalue weighted by atomic mass is 15.5. The van der Waals surface area contributed by atoms with Gasteiger partial charge >= 0.3 is 0 Å². The van der Waals surface area contributed by atoms with E-state index in [0.29, 0.717) is 0 Å². The van der Waals surface area contributed by atoms with Crippen LogP contribution in [-0.4, -0.2) is 20.2 Å². The van der Waals surface area contributed by atoms with Crippen molar-refractivity contribution in [2.75, 3.05) is 5.32 Å². The van der Waals surface area contributed by atoms with Crippen LogP contribution in [0.5, 0.6) is 0 Å². The number of anilines is 1. The lowest BCUT2D eigenvalue weighted by atomic mass is 10.1. The molecule has 0 saturated heterocycles. The van der Waals surface area contributed by atoms with Crippen LogP contribution < -0.4 is 5.32 Å². The smallest absolute Gasteiger partial charge is 0.143 e. The molecule has 0 amide bonds. The van der Waals surface area contributed by atoms with Gasteiger partial charge in [-0.1, -0.05) is 35.9 Å². The van der Waals surface area contributed by atoms with Crippen LogP contribution in [0.25, 0.3) is 5.69 Å². The van der Waals surface area contributed by atoms with Crippen molar-refractivity contribution >= 4 is 5.69 Å². The average molecular weight is 265 g/mol. The molecule has 0 unspecified atom stereocenters. The van der Waals surface area contributed by atoms with E-state index in [0.717, 1.165) is 17.9 Å². The third-order valence-corrected chi connectivity index (χ3v) is 3.08. The minimum absolute atomic E-state index is 0.791. The van der Waals surface area contributed by atoms with E-state index < -0.39 is 0 Å². The second kappa shape index (κ2) is 5.52. The first-order valence-electron chi connectivity index (χ1n) is 6.44. The van der Waals surface area contributed by atoms with E-state index in [-0.39, 0.29) is 0 Å². The van der Waals surface area contributed by atoms with Gasteiger partial charge in [0.15, 0.2) is 0 Å². The van der Waals surface area contributed by atoms with Crippen LogP contribution in [-0.2, 0) is 6.54 Å². The first kappa shape index (κ1) is 12.3. The standard InChI is InChI=1S/C15H15N5/c1-12-5-7-13(8-6-12)10-16-14-3-2-4-15(9-14)20-11-17-18-19-20/h2-9,11,16H,10H2,1H3. The van der Waals surface area contributed by atoms with Gasteiger partial charge in [0.1, 0.15) is 6.33 Å². The van der Waals surface area contributed by atoms with Crippen LogP contribution in [0, 0.1) is 6.92 Å². The molecular formula is C15H15N5. The van der Waals surface area contributed by atoms with E-state index in [2.05, 4.69) is 52.0 Å². The number of tetrazole rings is 1. The predicted molar refractivity (Wildman–Crippen MR) is 77.7 cm³/mol. The number of nitrogens with zero attached hydrogens (tertiary/aromatic N) is 4. The molecule has 1 heterocycles. The van der Waals surface area contributed by atoms with Crippen LogP contribution in [0.1, 0.15) is 11.1 Å². The number of nitrogens with one attached hydrogen (secondary N) is 1. The molecule has 0 bridgehead atoms. The van der Waals surface area contributed by atoms with Crippen molar-refractivity contribution in [2.24, 2.45) is 0 Å². The summed E-state index contributed by atoms with van der Waals surface area (Å²) in [6, 6.07) is 16.5. The number of benzene rings is 2. The zero-order chi connectivity index (χ0) is 13.8. The Morgan fingerprint density at radius 1 is 1.10 bits per heavy atom. The summed E-state index contributed by atoms with van der Waals surface area (Å²) in [7, 11) is 0. The molecule has 0 aliphatic rings. The lowest BCUT2D eigenvalue weighted by Crippen LogP contribution is -2.01. The summed E-state index contributed by atoms with van der Waals surface area (Å²) < 4.78 is 1.64. The molecule has 0 saturated carbocycles. The zero-order valence-corrected chi connectivity index (χ0v) is 11.2. The Labute approximate surface area is 117 Å². The fraction of sp³-hybridized carbons (Fsp3) is 0.133. The van der Waals surface area contributed by atoms with Gasteiger partial charge in [0.05, 0.1) is 5.69 Å². The van der Waals surface area contributed by atoms with Crippen molar-refractivity contribution in [2.45, 2.75) is 13.5 Å². The van der Waals surface area contributed by atoms with Gasteiger partial charge in [-0.2, -0.15) is 0 Å². The largest absolute Gasteiger partial charge is 0.381 e. The molecule has 0 atom stereocenters. The van der Waals surface area contributed by atoms with Crippen LogP contribution >= 0.6 is 0 Å². The lowest BCUT2D eigenvalue weighted by molar-refractivity contribution is 0.789. The van der Waals surface area contributed by atoms with Crippen LogP contribution in [0.2, 0.25) is 0 Å². The van der Waals surface area contributed by atoms with E-state index in [4.69, 9.17) is 0 Å². The molecule has 0 radical (unpaired) electrons. The third-order valence-electron chi connectivity index (χ3n) is 3.08. The van der Waals surface area contributed by atoms with Gasteiger partial charge in [0, 0.05) is 12.2 Å². The molecule has 100 valence electrons. The summed E-state index contributed by atoms with van der Waals surface area (Å²) in [6.45, 7) is 2.88. The van der Waals surface area contributed by atoms with Crippen molar-refractivity contribution in [1.82, 2.24) is 20.2 Å². The summed E-state index contributed by atoms with van der Waals surface area (Å²) in [6.07, 6.45) is 1.58. The Balaban J connectivity index is 1.72. The van der Waals surface area contributed by atoms with E-state index in [9.17, 15) is 0 Å². The number of hydrogen-bond acceptors (Lipinski definition) is 4. The summed E-state index contributed by atoms with van der Waals surface area (Å²) in [5, 5.41) is 14.6. The molecule has 5 heteroatoms. The van der Waals surface area contributed by atoms with Crippen molar-refractivity contribution in [3.8, 4) is 5.69 Å². The quantitative estimate of drug-likeness (QED) is 0.787. The molecule has 0 aliphatic carbocycles. The van der Waals surface area contributed by atoms with E-state index >= 15 is 0 Å². The Bertz CT molecular complexity index is 674. The number of aryl methyl sites for hydroxylation is 1. The number of rotatable bonds is 4. The molecule has 20 heavy (non-hydrogen) atoms. The van der Waals surface area contributed by atoms with Gasteiger partial charge in [-0.25, -0.2) is 4.68 Å². The highest BCUT2D eigenvalue weighted by Gasteiger charge is 2.00. The molecule has 1 aromatic heterocycles. The Kier molecular flexibility index (Phi) is 3.41. The maximum absolute atomic E-state index is 3.88. The van der Waals surface area contributed by atoms with Crippen molar-refractivity contribution in [3.05, 3.63) is 66.0 Å². The fourth-order valence-electron chi connectivity index (χ4n) is 1.95. The minimum Gasteiger partial charge on any atom is -0.381 e. The van der Waals surface area contributed by atoms with Crippen LogP contribution in [0.15, 0.2) is 54.9 Å². The second-order valence-electron chi connectivity index (χ2n) is 4.64. The normalized spacial score (nSPS) is 10.4. The molecule has 3 aromatic rings. The average Bonchev–Trinajstić information content (AvgIpc) is 3.01. The predicted octanol–water partition coefficient (Wildman–Crippen LogP) is 2.58. The van der Waals surface area contributed by atoms with Crippen LogP contribution in [0.3, 0.4) is 0 Å². The minimum atomic E-state index is 0.791. The molecule has 5 nitrogen and oxygen atoms in total. The van der Waals surface area contributed by atoms with Gasteiger partial charge in [0.25, 0.3) is 0 Å². The summed E-state index contributed by atoms with van der Waals surface area (Å²) >= 11 is 0. The second-order valence-corrected chi connectivity index (χ2v) is 4.64. The molecular weight excluding hydrogens is 250 g/mol. The summed E-state index contributed by atoms with van der Waals surface area (Å²) in [5.74, 6) is 0. The first-order chi connectivity index (χ1) is 9.81. The Hall–Kier alpha value is -2.69. The molecule has 1 N–H and O–H groups in total. The van der Waals surface area contributed by atoms with Gasteiger partial charge in [-0.05, 0) is 41.1 Å². The van der Waals surface area contributed by atoms with Crippen LogP contribution in [0.4, 0.5) is 5.69 Å². The maximum atomic E-state index is 3.88. The molecule has 3 rings (SSSR count). The molecule has 0 spiro atoms. The number of hydrogen-bond donors (Lipinski definition) is 1. The summed E-state index contributed by atoms with van der Waals surface area (Å²) in [5.41, 5.74) is 4.50. The van der Waals surface area contributed by atoms with Gasteiger partial charge in [0.2, 0.25) is 0 Å². The molecule has 0 fully saturated rings.